The summed E-state index contributed by atoms with van der Waals surface area (Å²) in [5.74, 6) is 1.67. The predicted octanol–water partition coefficient (Wildman–Crippen LogP) is 4.50. The van der Waals surface area contributed by atoms with Gasteiger partial charge < -0.3 is 9.72 Å². The van der Waals surface area contributed by atoms with E-state index in [4.69, 9.17) is 16.3 Å². The second-order valence-corrected chi connectivity index (χ2v) is 5.64. The third-order valence-corrected chi connectivity index (χ3v) is 4.04. The predicted molar refractivity (Wildman–Crippen MR) is 85.8 cm³/mol. The van der Waals surface area contributed by atoms with Crippen LogP contribution in [-0.2, 0) is 0 Å². The third-order valence-electron chi connectivity index (χ3n) is 2.89. The van der Waals surface area contributed by atoms with Crippen molar-refractivity contribution in [2.45, 2.75) is 0 Å². The molecule has 3 rings (SSSR count). The Bertz CT molecular complexity index is 754. The fraction of sp³-hybridized carbons (Fsp3) is 0.0714. The Morgan fingerprint density at radius 3 is 2.79 bits per heavy atom. The van der Waals surface area contributed by atoms with Crippen molar-refractivity contribution < 1.29 is 4.74 Å². The molecule has 0 bridgehead atoms. The van der Waals surface area contributed by atoms with Crippen LogP contribution in [0.2, 0.25) is 5.02 Å². The smallest absolute Gasteiger partial charge is 0.138 e. The topological polar surface area (TPSA) is 37.9 Å². The molecule has 0 aliphatic carbocycles. The molecule has 0 atom stereocenters. The Labute approximate surface area is 129 Å². The summed E-state index contributed by atoms with van der Waals surface area (Å²) in [5, 5.41) is 0.656. The van der Waals surface area contributed by atoms with Crippen molar-refractivity contribution >= 4 is 45.2 Å². The lowest BCUT2D eigenvalue weighted by Gasteiger charge is -2.04. The summed E-state index contributed by atoms with van der Waals surface area (Å²) in [6.45, 7) is 0. The number of methoxy groups -OCH3 is 1. The molecular formula is C14H10ClIN2O. The number of H-pyrrole nitrogens is 1. The summed E-state index contributed by atoms with van der Waals surface area (Å²) < 4.78 is 6.30. The zero-order valence-corrected chi connectivity index (χ0v) is 13.0. The lowest BCUT2D eigenvalue weighted by molar-refractivity contribution is 0.412. The molecule has 0 amide bonds. The number of hydrogen-bond acceptors (Lipinski definition) is 2. The number of benzene rings is 2. The molecule has 1 N–H and O–H groups in total. The maximum Gasteiger partial charge on any atom is 0.138 e. The molecular weight excluding hydrogens is 375 g/mol. The average Bonchev–Trinajstić information content (AvgIpc) is 2.84. The van der Waals surface area contributed by atoms with Gasteiger partial charge in [-0.05, 0) is 52.9 Å². The Morgan fingerprint density at radius 1 is 1.26 bits per heavy atom. The van der Waals surface area contributed by atoms with E-state index >= 15 is 0 Å². The van der Waals surface area contributed by atoms with E-state index < -0.39 is 0 Å². The van der Waals surface area contributed by atoms with Gasteiger partial charge in [0.25, 0.3) is 0 Å². The number of fused-ring (bicyclic) bond motifs is 1. The molecule has 0 saturated carbocycles. The first-order valence-electron chi connectivity index (χ1n) is 5.67. The van der Waals surface area contributed by atoms with Crippen LogP contribution in [0.25, 0.3) is 22.4 Å². The van der Waals surface area contributed by atoms with Gasteiger partial charge in [-0.2, -0.15) is 0 Å². The van der Waals surface area contributed by atoms with Crippen molar-refractivity contribution in [1.82, 2.24) is 9.97 Å². The molecule has 0 aliphatic heterocycles. The minimum absolute atomic E-state index is 0.656. The second kappa shape index (κ2) is 5.02. The van der Waals surface area contributed by atoms with Gasteiger partial charge in [0, 0.05) is 5.56 Å². The monoisotopic (exact) mass is 384 g/mol. The SMILES string of the molecule is COc1ccc(-c2nc3c(Cl)cccc3[nH]2)cc1I. The van der Waals surface area contributed by atoms with Gasteiger partial charge in [0.1, 0.15) is 17.1 Å². The molecule has 2 aromatic carbocycles. The molecule has 0 radical (unpaired) electrons. The molecule has 1 aromatic heterocycles. The number of aromatic nitrogens is 2. The van der Waals surface area contributed by atoms with E-state index in [9.17, 15) is 0 Å². The van der Waals surface area contributed by atoms with Gasteiger partial charge >= 0.3 is 0 Å². The van der Waals surface area contributed by atoms with Crippen molar-refractivity contribution in [3.05, 3.63) is 45.0 Å². The van der Waals surface area contributed by atoms with E-state index in [1.54, 1.807) is 7.11 Å². The van der Waals surface area contributed by atoms with Crippen LogP contribution in [-0.4, -0.2) is 17.1 Å². The Hall–Kier alpha value is -1.27. The van der Waals surface area contributed by atoms with E-state index in [0.29, 0.717) is 5.02 Å². The molecule has 0 aliphatic rings. The number of rotatable bonds is 2. The summed E-state index contributed by atoms with van der Waals surface area (Å²) >= 11 is 8.38. The Balaban J connectivity index is 2.14. The number of halogens is 2. The van der Waals surface area contributed by atoms with Gasteiger partial charge in [0.15, 0.2) is 0 Å². The van der Waals surface area contributed by atoms with Crippen LogP contribution in [0.15, 0.2) is 36.4 Å². The van der Waals surface area contributed by atoms with Crippen LogP contribution < -0.4 is 4.74 Å². The molecule has 0 saturated heterocycles. The molecule has 3 aromatic rings. The molecule has 5 heteroatoms. The van der Waals surface area contributed by atoms with Crippen molar-refractivity contribution in [3.63, 3.8) is 0 Å². The highest BCUT2D eigenvalue weighted by Gasteiger charge is 2.09. The Morgan fingerprint density at radius 2 is 2.11 bits per heavy atom. The number of ether oxygens (including phenoxy) is 1. The van der Waals surface area contributed by atoms with Crippen LogP contribution in [0.5, 0.6) is 5.75 Å². The minimum atomic E-state index is 0.656. The molecule has 96 valence electrons. The number of nitrogens with one attached hydrogen (secondary N) is 1. The largest absolute Gasteiger partial charge is 0.496 e. The first kappa shape index (κ1) is 12.7. The van der Waals surface area contributed by atoms with Crippen molar-refractivity contribution in [3.8, 4) is 17.1 Å². The highest BCUT2D eigenvalue weighted by molar-refractivity contribution is 14.1. The van der Waals surface area contributed by atoms with Gasteiger partial charge in [-0.3, -0.25) is 0 Å². The number of aromatic amines is 1. The van der Waals surface area contributed by atoms with Crippen LogP contribution in [0, 0.1) is 3.57 Å². The summed E-state index contributed by atoms with van der Waals surface area (Å²) in [5.41, 5.74) is 2.75. The van der Waals surface area contributed by atoms with E-state index in [2.05, 4.69) is 32.6 Å². The fourth-order valence-corrected chi connectivity index (χ4v) is 2.90. The average molecular weight is 385 g/mol. The lowest BCUT2D eigenvalue weighted by atomic mass is 10.2. The first-order valence-corrected chi connectivity index (χ1v) is 7.13. The van der Waals surface area contributed by atoms with Crippen LogP contribution in [0.4, 0.5) is 0 Å². The van der Waals surface area contributed by atoms with Gasteiger partial charge in [-0.25, -0.2) is 4.98 Å². The van der Waals surface area contributed by atoms with Gasteiger partial charge in [0.2, 0.25) is 0 Å². The molecule has 0 spiro atoms. The third kappa shape index (κ3) is 2.30. The highest BCUT2D eigenvalue weighted by Crippen LogP contribution is 2.29. The number of para-hydroxylation sites is 1. The Kier molecular flexibility index (Phi) is 3.36. The molecule has 1 heterocycles. The summed E-state index contributed by atoms with van der Waals surface area (Å²) in [7, 11) is 1.66. The zero-order valence-electron chi connectivity index (χ0n) is 10.1. The van der Waals surface area contributed by atoms with Crippen LogP contribution in [0.1, 0.15) is 0 Å². The van der Waals surface area contributed by atoms with Gasteiger partial charge in [0.05, 0.1) is 21.2 Å². The van der Waals surface area contributed by atoms with Crippen LogP contribution >= 0.6 is 34.2 Å². The van der Waals surface area contributed by atoms with Crippen LogP contribution in [0.3, 0.4) is 0 Å². The van der Waals surface area contributed by atoms with Crippen molar-refractivity contribution in [2.75, 3.05) is 7.11 Å². The normalized spacial score (nSPS) is 10.9. The van der Waals surface area contributed by atoms with E-state index in [1.165, 1.54) is 0 Å². The van der Waals surface area contributed by atoms with E-state index in [-0.39, 0.29) is 0 Å². The zero-order chi connectivity index (χ0) is 13.4. The van der Waals surface area contributed by atoms with Crippen molar-refractivity contribution in [2.24, 2.45) is 0 Å². The summed E-state index contributed by atoms with van der Waals surface area (Å²) in [6, 6.07) is 11.7. The fourth-order valence-electron chi connectivity index (χ4n) is 1.95. The van der Waals surface area contributed by atoms with E-state index in [1.807, 2.05) is 36.4 Å². The maximum absolute atomic E-state index is 6.13. The number of imidazole rings is 1. The molecule has 19 heavy (non-hydrogen) atoms. The number of nitrogens with zero attached hydrogens (tertiary/aromatic N) is 1. The standard InChI is InChI=1S/C14H10ClIN2O/c1-19-12-6-5-8(7-10(12)16)14-17-11-4-2-3-9(15)13(11)18-14/h2-7H,1H3,(H,17,18). The van der Waals surface area contributed by atoms with Crippen molar-refractivity contribution in [1.29, 1.82) is 0 Å². The second-order valence-electron chi connectivity index (χ2n) is 4.07. The van der Waals surface area contributed by atoms with E-state index in [0.717, 1.165) is 31.7 Å². The van der Waals surface area contributed by atoms with Gasteiger partial charge in [-0.1, -0.05) is 17.7 Å². The highest BCUT2D eigenvalue weighted by atomic mass is 127. The molecule has 0 fully saturated rings. The maximum atomic E-state index is 6.13. The number of hydrogen-bond donors (Lipinski definition) is 1. The minimum Gasteiger partial charge on any atom is -0.496 e. The summed E-state index contributed by atoms with van der Waals surface area (Å²) in [6.07, 6.45) is 0. The van der Waals surface area contributed by atoms with Gasteiger partial charge in [-0.15, -0.1) is 0 Å². The molecule has 3 nitrogen and oxygen atoms in total. The lowest BCUT2D eigenvalue weighted by Crippen LogP contribution is -1.88. The first-order chi connectivity index (χ1) is 9.19. The quantitative estimate of drug-likeness (QED) is 0.661. The molecule has 0 unspecified atom stereocenters. The summed E-state index contributed by atoms with van der Waals surface area (Å²) in [4.78, 5) is 7.83.